The zero-order valence-corrected chi connectivity index (χ0v) is 12.7. The van der Waals surface area contributed by atoms with Crippen molar-refractivity contribution in [2.75, 3.05) is 7.11 Å². The molecular formula is C14H24N4O2. The van der Waals surface area contributed by atoms with E-state index >= 15 is 0 Å². The predicted octanol–water partition coefficient (Wildman–Crippen LogP) is 1.23. The van der Waals surface area contributed by atoms with E-state index in [0.29, 0.717) is 5.92 Å². The van der Waals surface area contributed by atoms with Crippen LogP contribution in [0.5, 0.6) is 0 Å². The van der Waals surface area contributed by atoms with Crippen molar-refractivity contribution >= 4 is 5.91 Å². The Hall–Kier alpha value is -1.43. The van der Waals surface area contributed by atoms with Crippen LogP contribution in [0.1, 0.15) is 33.6 Å². The van der Waals surface area contributed by atoms with E-state index in [1.807, 2.05) is 0 Å². The highest BCUT2D eigenvalue weighted by Gasteiger charge is 2.58. The molecule has 0 bridgehead atoms. The third kappa shape index (κ3) is 2.32. The molecular weight excluding hydrogens is 256 g/mol. The molecule has 1 heterocycles. The van der Waals surface area contributed by atoms with Crippen molar-refractivity contribution in [3.05, 3.63) is 12.4 Å². The van der Waals surface area contributed by atoms with Crippen LogP contribution < -0.4 is 5.32 Å². The molecule has 0 aliphatic heterocycles. The lowest BCUT2D eigenvalue weighted by Crippen LogP contribution is -2.70. The molecule has 1 amide bonds. The standard InChI is InChI=1S/C14H24N4O2/c1-5-14(6-2)12(10(3)13(14)20-4)16-11(19)9-18-8-7-15-17-18/h7-8,10,12-13H,5-6,9H2,1-4H3,(H,16,19)/t10-,12+,13+/m0/s1. The van der Waals surface area contributed by atoms with Crippen LogP contribution in [0.15, 0.2) is 12.4 Å². The smallest absolute Gasteiger partial charge is 0.242 e. The fourth-order valence-corrected chi connectivity index (χ4v) is 3.78. The van der Waals surface area contributed by atoms with E-state index in [0.717, 1.165) is 12.8 Å². The first kappa shape index (κ1) is 15.0. The average molecular weight is 280 g/mol. The number of rotatable bonds is 6. The summed E-state index contributed by atoms with van der Waals surface area (Å²) >= 11 is 0. The van der Waals surface area contributed by atoms with Crippen LogP contribution in [0, 0.1) is 11.3 Å². The zero-order valence-electron chi connectivity index (χ0n) is 12.7. The molecule has 0 saturated heterocycles. The van der Waals surface area contributed by atoms with E-state index in [4.69, 9.17) is 4.74 Å². The number of carbonyl (C=O) groups excluding carboxylic acids is 1. The Labute approximate surface area is 119 Å². The van der Waals surface area contributed by atoms with E-state index in [1.54, 1.807) is 19.5 Å². The second-order valence-corrected chi connectivity index (χ2v) is 5.60. The molecule has 0 radical (unpaired) electrons. The topological polar surface area (TPSA) is 69.0 Å². The minimum Gasteiger partial charge on any atom is -0.380 e. The van der Waals surface area contributed by atoms with E-state index in [1.165, 1.54) is 4.68 Å². The molecule has 1 saturated carbocycles. The first-order valence-corrected chi connectivity index (χ1v) is 7.25. The quantitative estimate of drug-likeness (QED) is 0.851. The van der Waals surface area contributed by atoms with Crippen LogP contribution in [0.25, 0.3) is 0 Å². The maximum absolute atomic E-state index is 12.1. The molecule has 0 aromatic carbocycles. The Kier molecular flexibility index (Phi) is 4.42. The predicted molar refractivity (Wildman–Crippen MR) is 74.9 cm³/mol. The minimum atomic E-state index is -0.0202. The Bertz CT molecular complexity index is 442. The number of hydrogen-bond donors (Lipinski definition) is 1. The van der Waals surface area contributed by atoms with Gasteiger partial charge in [0.2, 0.25) is 5.91 Å². The number of ether oxygens (including phenoxy) is 1. The number of amides is 1. The van der Waals surface area contributed by atoms with Gasteiger partial charge in [0.1, 0.15) is 6.54 Å². The van der Waals surface area contributed by atoms with Gasteiger partial charge in [0.15, 0.2) is 0 Å². The third-order valence-corrected chi connectivity index (χ3v) is 4.85. The zero-order chi connectivity index (χ0) is 14.8. The van der Waals surface area contributed by atoms with Crippen LogP contribution in [0.4, 0.5) is 0 Å². The van der Waals surface area contributed by atoms with Gasteiger partial charge >= 0.3 is 0 Å². The summed E-state index contributed by atoms with van der Waals surface area (Å²) in [5, 5.41) is 10.7. The van der Waals surface area contributed by atoms with Gasteiger partial charge in [-0.1, -0.05) is 26.0 Å². The molecule has 0 spiro atoms. The molecule has 1 fully saturated rings. The van der Waals surface area contributed by atoms with Crippen molar-refractivity contribution in [2.45, 2.75) is 52.3 Å². The Morgan fingerprint density at radius 2 is 2.15 bits per heavy atom. The highest BCUT2D eigenvalue weighted by molar-refractivity contribution is 5.76. The van der Waals surface area contributed by atoms with Crippen LogP contribution in [0.3, 0.4) is 0 Å². The summed E-state index contributed by atoms with van der Waals surface area (Å²) in [6, 6.07) is 0.165. The molecule has 20 heavy (non-hydrogen) atoms. The lowest BCUT2D eigenvalue weighted by Gasteiger charge is -2.59. The monoisotopic (exact) mass is 280 g/mol. The van der Waals surface area contributed by atoms with Gasteiger partial charge in [0.25, 0.3) is 0 Å². The maximum atomic E-state index is 12.1. The molecule has 0 unspecified atom stereocenters. The van der Waals surface area contributed by atoms with Gasteiger partial charge in [-0.15, -0.1) is 5.10 Å². The van der Waals surface area contributed by atoms with E-state index in [9.17, 15) is 4.79 Å². The fraction of sp³-hybridized carbons (Fsp3) is 0.786. The SMILES string of the molecule is CCC1(CC)[C@H](NC(=O)Cn2ccnn2)[C@H](C)[C@H]1OC. The lowest BCUT2D eigenvalue weighted by atomic mass is 9.53. The number of hydrogen-bond acceptors (Lipinski definition) is 4. The summed E-state index contributed by atoms with van der Waals surface area (Å²) in [7, 11) is 1.76. The summed E-state index contributed by atoms with van der Waals surface area (Å²) in [6.45, 7) is 6.68. The Morgan fingerprint density at radius 1 is 1.45 bits per heavy atom. The number of methoxy groups -OCH3 is 1. The number of carbonyl (C=O) groups is 1. The molecule has 6 nitrogen and oxygen atoms in total. The molecule has 1 aromatic heterocycles. The molecule has 1 aliphatic carbocycles. The van der Waals surface area contributed by atoms with Gasteiger partial charge in [-0.05, 0) is 12.8 Å². The van der Waals surface area contributed by atoms with Crippen LogP contribution in [0.2, 0.25) is 0 Å². The first-order chi connectivity index (χ1) is 9.58. The lowest BCUT2D eigenvalue weighted by molar-refractivity contribution is -0.172. The van der Waals surface area contributed by atoms with E-state index in [2.05, 4.69) is 36.4 Å². The van der Waals surface area contributed by atoms with Crippen molar-refractivity contribution in [3.63, 3.8) is 0 Å². The molecule has 3 atom stereocenters. The highest BCUT2D eigenvalue weighted by Crippen LogP contribution is 2.52. The molecule has 1 aromatic rings. The van der Waals surface area contributed by atoms with Gasteiger partial charge in [0.05, 0.1) is 12.3 Å². The molecule has 1 N–H and O–H groups in total. The minimum absolute atomic E-state index is 0.0202. The van der Waals surface area contributed by atoms with Gasteiger partial charge in [-0.2, -0.15) is 0 Å². The second kappa shape index (κ2) is 5.91. The number of aromatic nitrogens is 3. The first-order valence-electron chi connectivity index (χ1n) is 7.25. The highest BCUT2D eigenvalue weighted by atomic mass is 16.5. The maximum Gasteiger partial charge on any atom is 0.242 e. The molecule has 2 rings (SSSR count). The fourth-order valence-electron chi connectivity index (χ4n) is 3.78. The van der Waals surface area contributed by atoms with Crippen molar-refractivity contribution in [1.82, 2.24) is 20.3 Å². The van der Waals surface area contributed by atoms with Crippen molar-refractivity contribution < 1.29 is 9.53 Å². The normalized spacial score (nSPS) is 27.9. The van der Waals surface area contributed by atoms with Crippen LogP contribution in [-0.2, 0) is 16.1 Å². The van der Waals surface area contributed by atoms with Crippen molar-refractivity contribution in [3.8, 4) is 0 Å². The summed E-state index contributed by atoms with van der Waals surface area (Å²) in [4.78, 5) is 12.1. The average Bonchev–Trinajstić information content (AvgIpc) is 2.94. The summed E-state index contributed by atoms with van der Waals surface area (Å²) < 4.78 is 7.17. The Morgan fingerprint density at radius 3 is 2.65 bits per heavy atom. The van der Waals surface area contributed by atoms with Gasteiger partial charge in [-0.3, -0.25) is 4.79 Å². The molecule has 6 heteroatoms. The molecule has 1 aliphatic rings. The Balaban J connectivity index is 2.02. The second-order valence-electron chi connectivity index (χ2n) is 5.60. The summed E-state index contributed by atoms with van der Waals surface area (Å²) in [5.41, 5.74) is 0.0478. The largest absolute Gasteiger partial charge is 0.380 e. The van der Waals surface area contributed by atoms with Crippen LogP contribution in [-0.4, -0.2) is 40.2 Å². The van der Waals surface area contributed by atoms with Gasteiger partial charge in [-0.25, -0.2) is 4.68 Å². The van der Waals surface area contributed by atoms with Crippen molar-refractivity contribution in [2.24, 2.45) is 11.3 Å². The number of nitrogens with zero attached hydrogens (tertiary/aromatic N) is 3. The molecule has 112 valence electrons. The summed E-state index contributed by atoms with van der Waals surface area (Å²) in [6.07, 6.45) is 5.48. The van der Waals surface area contributed by atoms with E-state index < -0.39 is 0 Å². The number of nitrogens with one attached hydrogen (secondary N) is 1. The van der Waals surface area contributed by atoms with E-state index in [-0.39, 0.29) is 30.0 Å². The van der Waals surface area contributed by atoms with Crippen LogP contribution >= 0.6 is 0 Å². The van der Waals surface area contributed by atoms with Crippen molar-refractivity contribution in [1.29, 1.82) is 0 Å². The summed E-state index contributed by atoms with van der Waals surface area (Å²) in [5.74, 6) is 0.313. The van der Waals surface area contributed by atoms with Gasteiger partial charge in [0, 0.05) is 30.7 Å². The van der Waals surface area contributed by atoms with Gasteiger partial charge < -0.3 is 10.1 Å². The third-order valence-electron chi connectivity index (χ3n) is 4.85.